The Bertz CT molecular complexity index is 1000. The van der Waals surface area contributed by atoms with Crippen LogP contribution in [0.15, 0.2) is 42.5 Å². The molecule has 144 valence electrons. The molecule has 0 aliphatic heterocycles. The van der Waals surface area contributed by atoms with Gasteiger partial charge in [-0.25, -0.2) is 9.59 Å². The van der Waals surface area contributed by atoms with E-state index >= 15 is 0 Å². The average Bonchev–Trinajstić information content (AvgIpc) is 2.64. The van der Waals surface area contributed by atoms with Crippen LogP contribution in [0.3, 0.4) is 0 Å². The molecule has 0 spiro atoms. The van der Waals surface area contributed by atoms with E-state index in [2.05, 4.69) is 45.9 Å². The van der Waals surface area contributed by atoms with E-state index in [1.54, 1.807) is 6.07 Å². The van der Waals surface area contributed by atoms with Gasteiger partial charge >= 0.3 is 5.97 Å². The highest BCUT2D eigenvalue weighted by Crippen LogP contribution is 2.47. The number of benzene rings is 2. The van der Waals surface area contributed by atoms with Gasteiger partial charge in [0.05, 0.1) is 0 Å². The summed E-state index contributed by atoms with van der Waals surface area (Å²) in [4.78, 5) is 22.1. The third-order valence-electron chi connectivity index (χ3n) is 5.91. The van der Waals surface area contributed by atoms with E-state index in [9.17, 15) is 9.59 Å². The second-order valence-electron chi connectivity index (χ2n) is 8.77. The Morgan fingerprint density at radius 1 is 1.04 bits per heavy atom. The van der Waals surface area contributed by atoms with Crippen LogP contribution in [0.25, 0.3) is 23.3 Å². The Labute approximate surface area is 166 Å². The van der Waals surface area contributed by atoms with Crippen LogP contribution in [0.1, 0.15) is 62.8 Å². The highest BCUT2D eigenvalue weighted by atomic mass is 16.4. The van der Waals surface area contributed by atoms with Gasteiger partial charge in [0.25, 0.3) is 0 Å². The summed E-state index contributed by atoms with van der Waals surface area (Å²) in [6.07, 6.45) is 6.26. The van der Waals surface area contributed by atoms with E-state index in [0.29, 0.717) is 11.1 Å². The van der Waals surface area contributed by atoms with Crippen LogP contribution >= 0.6 is 0 Å². The van der Waals surface area contributed by atoms with Crippen molar-refractivity contribution >= 4 is 24.1 Å². The lowest BCUT2D eigenvalue weighted by Crippen LogP contribution is -2.33. The summed E-state index contributed by atoms with van der Waals surface area (Å²) in [5, 5.41) is 8.95. The molecule has 0 radical (unpaired) electrons. The monoisotopic (exact) mass is 374 g/mol. The highest BCUT2D eigenvalue weighted by molar-refractivity contribution is 5.91. The zero-order chi connectivity index (χ0) is 20.5. The van der Waals surface area contributed by atoms with Crippen molar-refractivity contribution in [3.8, 4) is 11.1 Å². The van der Waals surface area contributed by atoms with E-state index in [-0.39, 0.29) is 10.8 Å². The van der Waals surface area contributed by atoms with Crippen molar-refractivity contribution in [2.45, 2.75) is 51.4 Å². The molecule has 1 aliphatic rings. The number of fused-ring (bicyclic) bond motifs is 1. The standard InChI is InChI=1S/C25H26O3/c1-24(2)13-14-25(3,4)22-16-18(8-10-21(22)24)19-7-5-6-17(9-11-23(27)28)20(19)12-15-26/h5-12,16H,13-14H2,1-4H3,(H,27,28)/b11-9+. The molecule has 0 amide bonds. The summed E-state index contributed by atoms with van der Waals surface area (Å²) in [7, 11) is 0. The molecule has 0 aromatic heterocycles. The number of hydrogen-bond donors (Lipinski definition) is 1. The SMILES string of the molecule is CC1(C)CCC(C)(C)c2cc(-c3cccc(/C=C/C(=O)O)c3C=C=O)ccc21. The van der Waals surface area contributed by atoms with Crippen molar-refractivity contribution in [1.82, 2.24) is 0 Å². The Morgan fingerprint density at radius 3 is 2.36 bits per heavy atom. The fourth-order valence-corrected chi connectivity index (χ4v) is 4.12. The molecule has 3 nitrogen and oxygen atoms in total. The van der Waals surface area contributed by atoms with Gasteiger partial charge in [0.15, 0.2) is 0 Å². The molecule has 1 aliphatic carbocycles. The molecule has 28 heavy (non-hydrogen) atoms. The lowest BCUT2D eigenvalue weighted by Gasteiger charge is -2.42. The van der Waals surface area contributed by atoms with Crippen molar-refractivity contribution in [2.24, 2.45) is 0 Å². The molecule has 0 fully saturated rings. The maximum Gasteiger partial charge on any atom is 0.328 e. The van der Waals surface area contributed by atoms with Gasteiger partial charge < -0.3 is 5.11 Å². The fraction of sp³-hybridized carbons (Fsp3) is 0.320. The first kappa shape index (κ1) is 19.9. The zero-order valence-electron chi connectivity index (χ0n) is 16.9. The predicted octanol–water partition coefficient (Wildman–Crippen LogP) is 5.65. The normalized spacial score (nSPS) is 17.0. The summed E-state index contributed by atoms with van der Waals surface area (Å²) in [6.45, 7) is 9.14. The minimum atomic E-state index is -1.02. The summed E-state index contributed by atoms with van der Waals surface area (Å²) in [5.41, 5.74) is 6.23. The molecule has 0 heterocycles. The van der Waals surface area contributed by atoms with Crippen LogP contribution < -0.4 is 0 Å². The molecule has 0 bridgehead atoms. The second-order valence-corrected chi connectivity index (χ2v) is 8.77. The van der Waals surface area contributed by atoms with Gasteiger partial charge in [-0.15, -0.1) is 0 Å². The van der Waals surface area contributed by atoms with Crippen molar-refractivity contribution in [1.29, 1.82) is 0 Å². The van der Waals surface area contributed by atoms with E-state index < -0.39 is 5.97 Å². The van der Waals surface area contributed by atoms with Gasteiger partial charge in [0.1, 0.15) is 5.94 Å². The quantitative estimate of drug-likeness (QED) is 0.556. The summed E-state index contributed by atoms with van der Waals surface area (Å²) >= 11 is 0. The maximum absolute atomic E-state index is 11.1. The first-order chi connectivity index (χ1) is 13.2. The number of carboxylic acids is 1. The zero-order valence-corrected chi connectivity index (χ0v) is 16.9. The third-order valence-corrected chi connectivity index (χ3v) is 5.91. The van der Waals surface area contributed by atoms with Crippen LogP contribution in [0.4, 0.5) is 0 Å². The third kappa shape index (κ3) is 3.72. The van der Waals surface area contributed by atoms with Gasteiger partial charge in [0.2, 0.25) is 0 Å². The number of rotatable bonds is 4. The number of aliphatic carboxylic acids is 1. The van der Waals surface area contributed by atoms with Gasteiger partial charge in [-0.3, -0.25) is 0 Å². The molecule has 3 rings (SSSR count). The fourth-order valence-electron chi connectivity index (χ4n) is 4.12. The average molecular weight is 374 g/mol. The van der Waals surface area contributed by atoms with Crippen molar-refractivity contribution < 1.29 is 14.7 Å². The lowest BCUT2D eigenvalue weighted by molar-refractivity contribution is -0.131. The number of carbonyl (C=O) groups is 1. The summed E-state index contributed by atoms with van der Waals surface area (Å²) < 4.78 is 0. The Hall–Kier alpha value is -2.90. The van der Waals surface area contributed by atoms with Crippen molar-refractivity contribution in [2.75, 3.05) is 0 Å². The number of carbonyl (C=O) groups excluding carboxylic acids is 1. The lowest BCUT2D eigenvalue weighted by atomic mass is 9.63. The van der Waals surface area contributed by atoms with Crippen LogP contribution in [0, 0.1) is 0 Å². The second kappa shape index (κ2) is 7.26. The van der Waals surface area contributed by atoms with Gasteiger partial charge in [-0.05, 0) is 57.6 Å². The van der Waals surface area contributed by atoms with E-state index in [0.717, 1.165) is 30.0 Å². The van der Waals surface area contributed by atoms with Gasteiger partial charge in [-0.2, -0.15) is 0 Å². The summed E-state index contributed by atoms with van der Waals surface area (Å²) in [5.74, 6) is 0.834. The highest BCUT2D eigenvalue weighted by Gasteiger charge is 2.37. The van der Waals surface area contributed by atoms with E-state index in [1.807, 2.05) is 18.1 Å². The molecule has 0 saturated carbocycles. The smallest absolute Gasteiger partial charge is 0.328 e. The molecular weight excluding hydrogens is 348 g/mol. The summed E-state index contributed by atoms with van der Waals surface area (Å²) in [6, 6.07) is 12.2. The van der Waals surface area contributed by atoms with Crippen LogP contribution in [0.2, 0.25) is 0 Å². The molecule has 0 unspecified atom stereocenters. The molecule has 0 atom stereocenters. The minimum absolute atomic E-state index is 0.0857. The Morgan fingerprint density at radius 2 is 1.71 bits per heavy atom. The van der Waals surface area contributed by atoms with Gasteiger partial charge in [-0.1, -0.05) is 64.1 Å². The van der Waals surface area contributed by atoms with Gasteiger partial charge in [0, 0.05) is 17.7 Å². The maximum atomic E-state index is 11.1. The van der Waals surface area contributed by atoms with E-state index in [4.69, 9.17) is 5.11 Å². The molecule has 2 aromatic rings. The Kier molecular flexibility index (Phi) is 5.14. The number of carboxylic acid groups (broad SMARTS) is 1. The largest absolute Gasteiger partial charge is 0.478 e. The predicted molar refractivity (Wildman–Crippen MR) is 114 cm³/mol. The van der Waals surface area contributed by atoms with Crippen molar-refractivity contribution in [3.63, 3.8) is 0 Å². The molecule has 1 N–H and O–H groups in total. The van der Waals surface area contributed by atoms with Crippen molar-refractivity contribution in [3.05, 3.63) is 64.7 Å². The van der Waals surface area contributed by atoms with Crippen LogP contribution in [-0.2, 0) is 20.4 Å². The van der Waals surface area contributed by atoms with E-state index in [1.165, 1.54) is 23.3 Å². The van der Waals surface area contributed by atoms with Crippen LogP contribution in [-0.4, -0.2) is 17.0 Å². The molecular formula is C25H26O3. The molecule has 3 heteroatoms. The first-order valence-electron chi connectivity index (χ1n) is 9.56. The number of hydrogen-bond acceptors (Lipinski definition) is 2. The minimum Gasteiger partial charge on any atom is -0.478 e. The molecule has 0 saturated heterocycles. The van der Waals surface area contributed by atoms with Crippen LogP contribution in [0.5, 0.6) is 0 Å². The topological polar surface area (TPSA) is 54.4 Å². The Balaban J connectivity index is 2.21. The first-order valence-corrected chi connectivity index (χ1v) is 9.56. The molecule has 2 aromatic carbocycles.